The fraction of sp³-hybridized carbons (Fsp3) is 0.556. The number of ether oxygens (including phenoxy) is 3. The molecule has 8 nitrogen and oxygen atoms in total. The second kappa shape index (κ2) is 11.3. The summed E-state index contributed by atoms with van der Waals surface area (Å²) in [4.78, 5) is 20.6. The second-order valence-corrected chi connectivity index (χ2v) is 5.88. The predicted octanol–water partition coefficient (Wildman–Crippen LogP) is 1.73. The molecule has 0 aliphatic carbocycles. The summed E-state index contributed by atoms with van der Waals surface area (Å²) in [7, 11) is 0. The number of hydrogen-bond donors (Lipinski definition) is 2. The van der Waals surface area contributed by atoms with Crippen molar-refractivity contribution in [1.82, 2.24) is 4.90 Å². The Hall–Kier alpha value is -2.32. The van der Waals surface area contributed by atoms with E-state index >= 15 is 0 Å². The number of rotatable bonds is 6. The van der Waals surface area contributed by atoms with E-state index in [1.807, 2.05) is 31.2 Å². The lowest BCUT2D eigenvalue weighted by atomic mass is 10.2. The largest absolute Gasteiger partial charge is 0.494 e. The fourth-order valence-corrected chi connectivity index (χ4v) is 2.58. The quantitative estimate of drug-likeness (QED) is 0.731. The van der Waals surface area contributed by atoms with Crippen molar-refractivity contribution in [2.24, 2.45) is 0 Å². The van der Waals surface area contributed by atoms with Crippen molar-refractivity contribution in [3.05, 3.63) is 24.3 Å². The first kappa shape index (κ1) is 21.7. The molecule has 0 amide bonds. The van der Waals surface area contributed by atoms with E-state index in [1.54, 1.807) is 0 Å². The van der Waals surface area contributed by atoms with E-state index in [0.717, 1.165) is 31.1 Å². The number of nitrogens with zero attached hydrogens (tertiary/aromatic N) is 1. The van der Waals surface area contributed by atoms with Crippen molar-refractivity contribution in [2.75, 3.05) is 32.8 Å². The van der Waals surface area contributed by atoms with Crippen molar-refractivity contribution in [3.8, 4) is 11.5 Å². The van der Waals surface area contributed by atoms with Gasteiger partial charge in [-0.3, -0.25) is 4.90 Å². The number of carbonyl (C=O) groups is 2. The SMILES string of the molecule is CCOc1cccc(OCCN2CC(C)OC(C)C2)c1.O=C(O)C(=O)O. The lowest BCUT2D eigenvalue weighted by molar-refractivity contribution is -0.159. The third-order valence-electron chi connectivity index (χ3n) is 3.47. The third kappa shape index (κ3) is 8.68. The molecule has 1 fully saturated rings. The molecule has 26 heavy (non-hydrogen) atoms. The molecule has 146 valence electrons. The van der Waals surface area contributed by atoms with Gasteiger partial charge in [0.15, 0.2) is 0 Å². The monoisotopic (exact) mass is 369 g/mol. The molecule has 0 spiro atoms. The first-order valence-electron chi connectivity index (χ1n) is 8.51. The minimum atomic E-state index is -1.82. The van der Waals surface area contributed by atoms with Crippen molar-refractivity contribution >= 4 is 11.9 Å². The maximum atomic E-state index is 9.10. The molecule has 1 aliphatic heterocycles. The molecule has 2 rings (SSSR count). The van der Waals surface area contributed by atoms with Gasteiger partial charge in [0, 0.05) is 25.7 Å². The summed E-state index contributed by atoms with van der Waals surface area (Å²) < 4.78 is 17.0. The number of morpholine rings is 1. The van der Waals surface area contributed by atoms with E-state index in [2.05, 4.69) is 18.7 Å². The maximum absolute atomic E-state index is 9.10. The van der Waals surface area contributed by atoms with Crippen LogP contribution in [0.15, 0.2) is 24.3 Å². The van der Waals surface area contributed by atoms with Gasteiger partial charge in [-0.1, -0.05) is 6.07 Å². The van der Waals surface area contributed by atoms with Gasteiger partial charge in [-0.15, -0.1) is 0 Å². The van der Waals surface area contributed by atoms with Crippen LogP contribution in [0.1, 0.15) is 20.8 Å². The van der Waals surface area contributed by atoms with Crippen LogP contribution in [-0.4, -0.2) is 72.1 Å². The van der Waals surface area contributed by atoms with Gasteiger partial charge in [0.2, 0.25) is 0 Å². The summed E-state index contributed by atoms with van der Waals surface area (Å²) in [5.41, 5.74) is 0. The summed E-state index contributed by atoms with van der Waals surface area (Å²) in [5, 5.41) is 14.8. The molecule has 1 aliphatic rings. The smallest absolute Gasteiger partial charge is 0.414 e. The predicted molar refractivity (Wildman–Crippen MR) is 94.8 cm³/mol. The normalized spacial score (nSPS) is 19.8. The number of aliphatic carboxylic acids is 2. The molecule has 1 heterocycles. The van der Waals surface area contributed by atoms with Gasteiger partial charge in [0.05, 0.1) is 18.8 Å². The zero-order valence-electron chi connectivity index (χ0n) is 15.4. The first-order valence-corrected chi connectivity index (χ1v) is 8.51. The van der Waals surface area contributed by atoms with Crippen LogP contribution in [0.4, 0.5) is 0 Å². The van der Waals surface area contributed by atoms with E-state index in [4.69, 9.17) is 34.0 Å². The molecule has 0 saturated carbocycles. The molecule has 2 N–H and O–H groups in total. The molecular weight excluding hydrogens is 342 g/mol. The average molecular weight is 369 g/mol. The molecule has 2 atom stereocenters. The Balaban J connectivity index is 0.000000487. The van der Waals surface area contributed by atoms with Crippen LogP contribution in [0.25, 0.3) is 0 Å². The van der Waals surface area contributed by atoms with Crippen LogP contribution < -0.4 is 9.47 Å². The van der Waals surface area contributed by atoms with Crippen molar-refractivity contribution in [3.63, 3.8) is 0 Å². The van der Waals surface area contributed by atoms with Crippen LogP contribution in [0.2, 0.25) is 0 Å². The van der Waals surface area contributed by atoms with Gasteiger partial charge in [0.1, 0.15) is 18.1 Å². The van der Waals surface area contributed by atoms with E-state index in [9.17, 15) is 0 Å². The van der Waals surface area contributed by atoms with Crippen LogP contribution in [0.3, 0.4) is 0 Å². The summed E-state index contributed by atoms with van der Waals surface area (Å²) in [5.74, 6) is -1.92. The van der Waals surface area contributed by atoms with Gasteiger partial charge in [-0.2, -0.15) is 0 Å². The standard InChI is InChI=1S/C16H25NO3.C2H2O4/c1-4-18-15-6-5-7-16(10-15)19-9-8-17-11-13(2)20-14(3)12-17;3-1(4)2(5)6/h5-7,10,13-14H,4,8-9,11-12H2,1-3H3;(H,3,4)(H,5,6). The van der Waals surface area contributed by atoms with Crippen LogP contribution in [0, 0.1) is 0 Å². The van der Waals surface area contributed by atoms with E-state index in [0.29, 0.717) is 25.4 Å². The van der Waals surface area contributed by atoms with Crippen LogP contribution in [0.5, 0.6) is 11.5 Å². The molecule has 0 bridgehead atoms. The Morgan fingerprint density at radius 2 is 1.65 bits per heavy atom. The number of benzene rings is 1. The molecule has 0 aromatic heterocycles. The molecular formula is C18H27NO7. The number of carboxylic acid groups (broad SMARTS) is 2. The topological polar surface area (TPSA) is 106 Å². The maximum Gasteiger partial charge on any atom is 0.414 e. The Morgan fingerprint density at radius 1 is 1.12 bits per heavy atom. The minimum absolute atomic E-state index is 0.306. The Morgan fingerprint density at radius 3 is 2.15 bits per heavy atom. The minimum Gasteiger partial charge on any atom is -0.494 e. The highest BCUT2D eigenvalue weighted by Gasteiger charge is 2.21. The van der Waals surface area contributed by atoms with Crippen LogP contribution in [-0.2, 0) is 14.3 Å². The molecule has 8 heteroatoms. The van der Waals surface area contributed by atoms with Crippen LogP contribution >= 0.6 is 0 Å². The number of carboxylic acids is 2. The second-order valence-electron chi connectivity index (χ2n) is 5.88. The highest BCUT2D eigenvalue weighted by atomic mass is 16.5. The molecule has 2 unspecified atom stereocenters. The molecule has 1 saturated heterocycles. The van der Waals surface area contributed by atoms with Gasteiger partial charge in [-0.25, -0.2) is 9.59 Å². The molecule has 1 aromatic rings. The molecule has 0 radical (unpaired) electrons. The van der Waals surface area contributed by atoms with E-state index in [1.165, 1.54) is 0 Å². The Labute approximate surface area is 153 Å². The van der Waals surface area contributed by atoms with Crippen molar-refractivity contribution < 1.29 is 34.0 Å². The van der Waals surface area contributed by atoms with Crippen molar-refractivity contribution in [2.45, 2.75) is 33.0 Å². The Bertz CT molecular complexity index is 556. The summed E-state index contributed by atoms with van der Waals surface area (Å²) in [6.07, 6.45) is 0.611. The highest BCUT2D eigenvalue weighted by molar-refractivity contribution is 6.27. The third-order valence-corrected chi connectivity index (χ3v) is 3.47. The Kier molecular flexibility index (Phi) is 9.46. The van der Waals surface area contributed by atoms with Crippen molar-refractivity contribution in [1.29, 1.82) is 0 Å². The first-order chi connectivity index (χ1) is 12.3. The summed E-state index contributed by atoms with van der Waals surface area (Å²) in [6, 6.07) is 7.81. The zero-order valence-corrected chi connectivity index (χ0v) is 15.4. The number of hydrogen-bond acceptors (Lipinski definition) is 6. The lowest BCUT2D eigenvalue weighted by Gasteiger charge is -2.35. The summed E-state index contributed by atoms with van der Waals surface area (Å²) in [6.45, 7) is 10.5. The van der Waals surface area contributed by atoms with Gasteiger partial charge < -0.3 is 24.4 Å². The molecule has 1 aromatic carbocycles. The van der Waals surface area contributed by atoms with E-state index < -0.39 is 11.9 Å². The lowest BCUT2D eigenvalue weighted by Crippen LogP contribution is -2.46. The summed E-state index contributed by atoms with van der Waals surface area (Å²) >= 11 is 0. The fourth-order valence-electron chi connectivity index (χ4n) is 2.58. The van der Waals surface area contributed by atoms with Gasteiger partial charge >= 0.3 is 11.9 Å². The van der Waals surface area contributed by atoms with Gasteiger partial charge in [-0.05, 0) is 32.9 Å². The highest BCUT2D eigenvalue weighted by Crippen LogP contribution is 2.19. The average Bonchev–Trinajstić information content (AvgIpc) is 2.55. The zero-order chi connectivity index (χ0) is 19.5. The van der Waals surface area contributed by atoms with E-state index in [-0.39, 0.29) is 0 Å². The van der Waals surface area contributed by atoms with Gasteiger partial charge in [0.25, 0.3) is 0 Å².